The summed E-state index contributed by atoms with van der Waals surface area (Å²) in [6, 6.07) is 0. The summed E-state index contributed by atoms with van der Waals surface area (Å²) in [5, 5.41) is 0.000000000000000222. The van der Waals surface area contributed by atoms with Gasteiger partial charge in [-0.05, 0) is 19.1 Å². The minimum absolute atomic E-state index is 0.000000000000000222. The van der Waals surface area contributed by atoms with E-state index in [4.69, 9.17) is 18.8 Å². The number of thiocarbonyl (C=S) groups is 1. The van der Waals surface area contributed by atoms with Crippen molar-refractivity contribution in [3.63, 3.8) is 0 Å². The molecule has 0 fully saturated rings. The minimum atomic E-state index is -3.13. The number of aldehydes is 1. The summed E-state index contributed by atoms with van der Waals surface area (Å²) in [6.45, 7) is 1.44. The van der Waals surface area contributed by atoms with E-state index in [1.165, 1.54) is 6.92 Å². The van der Waals surface area contributed by atoms with Crippen LogP contribution in [0, 0.1) is 0 Å². The highest BCUT2D eigenvalue weighted by Crippen LogP contribution is 1.32. The van der Waals surface area contributed by atoms with E-state index in [9.17, 15) is 0 Å². The molecule has 0 aromatic rings. The van der Waals surface area contributed by atoms with Crippen molar-refractivity contribution in [2.24, 2.45) is 11.5 Å². The Labute approximate surface area is 70.7 Å². The lowest BCUT2D eigenvalue weighted by Crippen LogP contribution is -2.18. The van der Waals surface area contributed by atoms with Gasteiger partial charge in [-0.15, -0.1) is 0 Å². The topological polar surface area (TPSA) is 127 Å². The van der Waals surface area contributed by atoms with Crippen LogP contribution in [0.5, 0.6) is 0 Å². The van der Waals surface area contributed by atoms with Gasteiger partial charge in [-0.1, -0.05) is 0 Å². The molecular weight excluding hydrogens is 188 g/mol. The lowest BCUT2D eigenvalue weighted by atomic mass is 11.0. The highest BCUT2D eigenvalue weighted by molar-refractivity contribution is 7.80. The van der Waals surface area contributed by atoms with Gasteiger partial charge in [0.05, 0.1) is 0 Å². The van der Waals surface area contributed by atoms with Crippen molar-refractivity contribution < 1.29 is 18.8 Å². The van der Waals surface area contributed by atoms with Crippen LogP contribution in [0.3, 0.4) is 0 Å². The third-order valence-corrected chi connectivity index (χ3v) is 0. The molecule has 0 atom stereocenters. The van der Waals surface area contributed by atoms with E-state index in [-0.39, 0.29) is 5.11 Å². The fourth-order valence-corrected chi connectivity index (χ4v) is 0. The molecular formula is C3H10N2O4SSi. The predicted molar refractivity (Wildman–Crippen MR) is 43.6 cm³/mol. The molecule has 0 aromatic heterocycles. The van der Waals surface area contributed by atoms with Crippen molar-refractivity contribution in [3.8, 4) is 0 Å². The van der Waals surface area contributed by atoms with Crippen LogP contribution < -0.4 is 11.5 Å². The molecule has 11 heavy (non-hydrogen) atoms. The first-order valence-electron chi connectivity index (χ1n) is 2.25. The van der Waals surface area contributed by atoms with E-state index < -0.39 is 9.17 Å². The maximum absolute atomic E-state index is 8.81. The number of hydrogen-bond acceptors (Lipinski definition) is 3. The van der Waals surface area contributed by atoms with E-state index in [2.05, 4.69) is 23.7 Å². The van der Waals surface area contributed by atoms with Gasteiger partial charge < -0.3 is 25.9 Å². The number of nitrogens with two attached hydrogens (primary N) is 2. The van der Waals surface area contributed by atoms with Crippen LogP contribution in [0.1, 0.15) is 6.92 Å². The van der Waals surface area contributed by atoms with Crippen LogP contribution in [0.2, 0.25) is 0 Å². The van der Waals surface area contributed by atoms with E-state index in [0.29, 0.717) is 0 Å². The summed E-state index contributed by atoms with van der Waals surface area (Å²) in [5.41, 5.74) is 9.24. The highest BCUT2D eigenvalue weighted by Gasteiger charge is 1.85. The molecule has 0 bridgehead atoms. The second-order valence-electron chi connectivity index (χ2n) is 0.921. The van der Waals surface area contributed by atoms with Gasteiger partial charge in [0, 0.05) is 0 Å². The minimum Gasteiger partial charge on any atom is -0.511 e. The summed E-state index contributed by atoms with van der Waals surface area (Å²) in [7, 11) is -3.13. The average molecular weight is 198 g/mol. The SMILES string of the molecule is CC=O.NC(N)=S.O=[Si](O)O. The van der Waals surface area contributed by atoms with Crippen LogP contribution in [0.25, 0.3) is 0 Å². The third kappa shape index (κ3) is 417. The van der Waals surface area contributed by atoms with Crippen molar-refractivity contribution >= 4 is 32.8 Å². The fraction of sp³-hybridized carbons (Fsp3) is 0.333. The molecule has 0 saturated carbocycles. The molecule has 0 spiro atoms. The molecule has 0 unspecified atom stereocenters. The maximum Gasteiger partial charge on any atom is 0.761 e. The number of carbonyl (C=O) groups excluding carboxylic acids is 1. The molecule has 0 aliphatic rings. The summed E-state index contributed by atoms with van der Waals surface area (Å²) < 4.78 is 8.74. The quantitative estimate of drug-likeness (QED) is 0.197. The number of carbonyl (C=O) groups is 1. The van der Waals surface area contributed by atoms with Crippen LogP contribution in [0.4, 0.5) is 0 Å². The molecule has 66 valence electrons. The zero-order chi connectivity index (χ0) is 9.86. The summed E-state index contributed by atoms with van der Waals surface area (Å²) >= 11 is 4.09. The summed E-state index contributed by atoms with van der Waals surface area (Å²) in [4.78, 5) is 23.1. The van der Waals surface area contributed by atoms with Crippen molar-refractivity contribution in [1.82, 2.24) is 0 Å². The van der Waals surface area contributed by atoms with Gasteiger partial charge in [0.2, 0.25) is 0 Å². The second-order valence-corrected chi connectivity index (χ2v) is 1.96. The second kappa shape index (κ2) is 16.0. The van der Waals surface area contributed by atoms with Crippen molar-refractivity contribution in [2.45, 2.75) is 6.92 Å². The van der Waals surface area contributed by atoms with Crippen molar-refractivity contribution in [1.29, 1.82) is 0 Å². The largest absolute Gasteiger partial charge is 0.761 e. The maximum atomic E-state index is 8.81. The number of rotatable bonds is 0. The van der Waals surface area contributed by atoms with Crippen LogP contribution in [-0.2, 0) is 9.26 Å². The lowest BCUT2D eigenvalue weighted by molar-refractivity contribution is -0.106. The Balaban J connectivity index is -0.0000000886. The number of hydrogen-bond donors (Lipinski definition) is 4. The lowest BCUT2D eigenvalue weighted by Gasteiger charge is -1.68. The molecule has 0 aliphatic heterocycles. The molecule has 0 rings (SSSR count). The summed E-state index contributed by atoms with van der Waals surface area (Å²) in [6.07, 6.45) is 0.750. The van der Waals surface area contributed by atoms with Gasteiger partial charge >= 0.3 is 9.17 Å². The Bertz CT molecular complexity index is 111. The van der Waals surface area contributed by atoms with Gasteiger partial charge in [-0.2, -0.15) is 0 Å². The van der Waals surface area contributed by atoms with Crippen LogP contribution >= 0.6 is 12.2 Å². The first-order valence-corrected chi connectivity index (χ1v) is 3.96. The zero-order valence-corrected chi connectivity index (χ0v) is 7.67. The molecule has 0 radical (unpaired) electrons. The first-order chi connectivity index (χ1) is 4.88. The van der Waals surface area contributed by atoms with Crippen molar-refractivity contribution in [3.05, 3.63) is 0 Å². The van der Waals surface area contributed by atoms with E-state index in [1.807, 2.05) is 0 Å². The molecule has 8 heteroatoms. The molecule has 0 aromatic carbocycles. The molecule has 0 heterocycles. The molecule has 0 aliphatic carbocycles. The zero-order valence-electron chi connectivity index (χ0n) is 5.85. The van der Waals surface area contributed by atoms with Gasteiger partial charge in [0.1, 0.15) is 6.29 Å². The Morgan fingerprint density at radius 3 is 1.55 bits per heavy atom. The van der Waals surface area contributed by atoms with Crippen LogP contribution in [-0.4, -0.2) is 30.2 Å². The van der Waals surface area contributed by atoms with Gasteiger partial charge in [0.15, 0.2) is 5.11 Å². The van der Waals surface area contributed by atoms with Gasteiger partial charge in [0.25, 0.3) is 0 Å². The standard InChI is InChI=1S/C2H4O.CH4N2S.H2O3Si/c1-2-3;2-1(3)4;1-4(2)3/h2H,1H3;(H4,2,3,4);1-2H. The molecule has 0 amide bonds. The van der Waals surface area contributed by atoms with Gasteiger partial charge in [-0.25, -0.2) is 0 Å². The van der Waals surface area contributed by atoms with E-state index >= 15 is 0 Å². The third-order valence-electron chi connectivity index (χ3n) is 0. The normalized spacial score (nSPS) is 5.55. The van der Waals surface area contributed by atoms with Crippen molar-refractivity contribution in [2.75, 3.05) is 0 Å². The molecule has 6 N–H and O–H groups in total. The smallest absolute Gasteiger partial charge is 0.511 e. The fourth-order valence-electron chi connectivity index (χ4n) is 0. The van der Waals surface area contributed by atoms with E-state index in [0.717, 1.165) is 6.29 Å². The Hall–Kier alpha value is -1.02. The Morgan fingerprint density at radius 2 is 1.55 bits per heavy atom. The highest BCUT2D eigenvalue weighted by atomic mass is 32.1. The monoisotopic (exact) mass is 198 g/mol. The Morgan fingerprint density at radius 1 is 1.55 bits per heavy atom. The van der Waals surface area contributed by atoms with Gasteiger partial charge in [-0.3, -0.25) is 4.46 Å². The molecule has 6 nitrogen and oxygen atoms in total. The summed E-state index contributed by atoms with van der Waals surface area (Å²) in [5.74, 6) is 0. The van der Waals surface area contributed by atoms with E-state index in [1.54, 1.807) is 0 Å². The predicted octanol–water partition coefficient (Wildman–Crippen LogP) is -2.22. The average Bonchev–Trinajstić information content (AvgIpc) is 1.60. The first kappa shape index (κ1) is 16.5. The Kier molecular flexibility index (Phi) is 24.0. The molecule has 0 saturated heterocycles. The van der Waals surface area contributed by atoms with Crippen LogP contribution in [0.15, 0.2) is 0 Å².